The molecule has 0 aromatic rings. The monoisotopic (exact) mass is 292 g/mol. The van der Waals surface area contributed by atoms with Crippen molar-refractivity contribution in [2.45, 2.75) is 39.7 Å². The van der Waals surface area contributed by atoms with Crippen molar-refractivity contribution in [1.29, 1.82) is 0 Å². The van der Waals surface area contributed by atoms with Crippen molar-refractivity contribution in [3.63, 3.8) is 0 Å². The van der Waals surface area contributed by atoms with E-state index in [1.165, 1.54) is 19.4 Å². The Morgan fingerprint density at radius 3 is 2.19 bits per heavy atom. The first-order valence-corrected chi connectivity index (χ1v) is 7.58. The minimum atomic E-state index is 0.663. The molecule has 0 aliphatic carbocycles. The van der Waals surface area contributed by atoms with Gasteiger partial charge in [-0.25, -0.2) is 0 Å². The highest BCUT2D eigenvalue weighted by atomic mass is 79.9. The molecule has 0 aliphatic rings. The van der Waals surface area contributed by atoms with Gasteiger partial charge in [0, 0.05) is 17.9 Å². The Balaban J connectivity index is 3.89. The van der Waals surface area contributed by atoms with Gasteiger partial charge in [0.2, 0.25) is 0 Å². The molecule has 0 fully saturated rings. The molecule has 2 atom stereocenters. The van der Waals surface area contributed by atoms with Gasteiger partial charge in [0.05, 0.1) is 0 Å². The standard InChI is InChI=1S/C13H29BrN2/c1-6-16(13(3)11-15(4)5)10-8-12(2)7-9-14/h12-13H,6-11H2,1-5H3. The van der Waals surface area contributed by atoms with E-state index < -0.39 is 0 Å². The van der Waals surface area contributed by atoms with E-state index in [-0.39, 0.29) is 0 Å². The number of rotatable bonds is 9. The fraction of sp³-hybridized carbons (Fsp3) is 1.00. The average molecular weight is 293 g/mol. The number of hydrogen-bond donors (Lipinski definition) is 0. The minimum absolute atomic E-state index is 0.663. The Morgan fingerprint density at radius 2 is 1.75 bits per heavy atom. The molecule has 0 saturated heterocycles. The quantitative estimate of drug-likeness (QED) is 0.603. The number of hydrogen-bond acceptors (Lipinski definition) is 2. The number of nitrogens with zero attached hydrogens (tertiary/aromatic N) is 2. The van der Waals surface area contributed by atoms with Crippen molar-refractivity contribution in [1.82, 2.24) is 9.80 Å². The van der Waals surface area contributed by atoms with Crippen LogP contribution in [0.3, 0.4) is 0 Å². The molecular weight excluding hydrogens is 264 g/mol. The van der Waals surface area contributed by atoms with E-state index in [1.54, 1.807) is 0 Å². The highest BCUT2D eigenvalue weighted by molar-refractivity contribution is 9.09. The topological polar surface area (TPSA) is 6.48 Å². The molecule has 3 heteroatoms. The summed E-state index contributed by atoms with van der Waals surface area (Å²) in [4.78, 5) is 4.86. The van der Waals surface area contributed by atoms with E-state index in [2.05, 4.69) is 60.6 Å². The first-order chi connectivity index (χ1) is 7.51. The van der Waals surface area contributed by atoms with Crippen LogP contribution in [0.2, 0.25) is 0 Å². The van der Waals surface area contributed by atoms with Gasteiger partial charge >= 0.3 is 0 Å². The van der Waals surface area contributed by atoms with Gasteiger partial charge in [-0.3, -0.25) is 4.90 Å². The summed E-state index contributed by atoms with van der Waals surface area (Å²) in [6.07, 6.45) is 2.61. The average Bonchev–Trinajstić information content (AvgIpc) is 2.17. The van der Waals surface area contributed by atoms with Gasteiger partial charge in [-0.1, -0.05) is 29.8 Å². The van der Waals surface area contributed by atoms with Crippen molar-refractivity contribution >= 4 is 15.9 Å². The van der Waals surface area contributed by atoms with E-state index >= 15 is 0 Å². The molecular formula is C13H29BrN2. The van der Waals surface area contributed by atoms with E-state index in [1.807, 2.05) is 0 Å². The Bertz CT molecular complexity index is 162. The fourth-order valence-corrected chi connectivity index (χ4v) is 2.83. The lowest BCUT2D eigenvalue weighted by atomic mass is 10.0. The van der Waals surface area contributed by atoms with Crippen LogP contribution in [0.15, 0.2) is 0 Å². The largest absolute Gasteiger partial charge is 0.308 e. The molecule has 0 aromatic carbocycles. The van der Waals surface area contributed by atoms with Crippen LogP contribution in [-0.2, 0) is 0 Å². The van der Waals surface area contributed by atoms with Gasteiger partial charge in [-0.05, 0) is 52.9 Å². The maximum absolute atomic E-state index is 3.52. The maximum atomic E-state index is 3.52. The van der Waals surface area contributed by atoms with Gasteiger partial charge in [-0.15, -0.1) is 0 Å². The zero-order valence-corrected chi connectivity index (χ0v) is 13.3. The second kappa shape index (κ2) is 9.43. The van der Waals surface area contributed by atoms with Gasteiger partial charge in [0.1, 0.15) is 0 Å². The molecule has 0 aliphatic heterocycles. The molecule has 0 aromatic heterocycles. The minimum Gasteiger partial charge on any atom is -0.308 e. The lowest BCUT2D eigenvalue weighted by Crippen LogP contribution is -2.40. The van der Waals surface area contributed by atoms with E-state index in [9.17, 15) is 0 Å². The van der Waals surface area contributed by atoms with Crippen LogP contribution in [0, 0.1) is 5.92 Å². The van der Waals surface area contributed by atoms with Gasteiger partial charge < -0.3 is 4.90 Å². The molecule has 0 heterocycles. The Kier molecular flexibility index (Phi) is 9.67. The van der Waals surface area contributed by atoms with Gasteiger partial charge in [-0.2, -0.15) is 0 Å². The normalized spacial score (nSPS) is 15.8. The predicted octanol–water partition coefficient (Wildman–Crippen LogP) is 3.07. The fourth-order valence-electron chi connectivity index (χ4n) is 2.05. The van der Waals surface area contributed by atoms with Crippen molar-refractivity contribution < 1.29 is 0 Å². The summed E-state index contributed by atoms with van der Waals surface area (Å²) >= 11 is 3.52. The highest BCUT2D eigenvalue weighted by Crippen LogP contribution is 2.11. The molecule has 0 amide bonds. The summed E-state index contributed by atoms with van der Waals surface area (Å²) in [5, 5.41) is 1.13. The Labute approximate surface area is 111 Å². The first-order valence-electron chi connectivity index (χ1n) is 6.46. The van der Waals surface area contributed by atoms with Gasteiger partial charge in [0.15, 0.2) is 0 Å². The van der Waals surface area contributed by atoms with Crippen molar-refractivity contribution in [3.05, 3.63) is 0 Å². The molecule has 0 rings (SSSR count). The number of likely N-dealkylation sites (N-methyl/N-ethyl adjacent to an activating group) is 2. The second-order valence-electron chi connectivity index (χ2n) is 5.11. The molecule has 2 unspecified atom stereocenters. The first kappa shape index (κ1) is 16.4. The molecule has 0 N–H and O–H groups in total. The van der Waals surface area contributed by atoms with Crippen molar-refractivity contribution in [2.75, 3.05) is 39.1 Å². The van der Waals surface area contributed by atoms with Crippen molar-refractivity contribution in [2.24, 2.45) is 5.92 Å². The van der Waals surface area contributed by atoms with E-state index in [4.69, 9.17) is 0 Å². The molecule has 98 valence electrons. The van der Waals surface area contributed by atoms with Gasteiger partial charge in [0.25, 0.3) is 0 Å². The zero-order chi connectivity index (χ0) is 12.6. The summed E-state index contributed by atoms with van der Waals surface area (Å²) < 4.78 is 0. The zero-order valence-electron chi connectivity index (χ0n) is 11.7. The molecule has 0 bridgehead atoms. The molecule has 16 heavy (non-hydrogen) atoms. The highest BCUT2D eigenvalue weighted by Gasteiger charge is 2.13. The Morgan fingerprint density at radius 1 is 1.12 bits per heavy atom. The van der Waals surface area contributed by atoms with E-state index in [0.29, 0.717) is 6.04 Å². The van der Waals surface area contributed by atoms with Crippen LogP contribution in [0.4, 0.5) is 0 Å². The Hall–Kier alpha value is 0.400. The summed E-state index contributed by atoms with van der Waals surface area (Å²) in [7, 11) is 4.30. The molecule has 0 spiro atoms. The second-order valence-corrected chi connectivity index (χ2v) is 5.90. The molecule has 0 radical (unpaired) electrons. The van der Waals surface area contributed by atoms with Crippen molar-refractivity contribution in [3.8, 4) is 0 Å². The van der Waals surface area contributed by atoms with Crippen LogP contribution < -0.4 is 0 Å². The molecule has 2 nitrogen and oxygen atoms in total. The third-order valence-electron chi connectivity index (χ3n) is 3.17. The van der Waals surface area contributed by atoms with Crippen LogP contribution >= 0.6 is 15.9 Å². The van der Waals surface area contributed by atoms with Crippen LogP contribution in [0.5, 0.6) is 0 Å². The van der Waals surface area contributed by atoms with Crippen LogP contribution in [-0.4, -0.2) is 54.9 Å². The summed E-state index contributed by atoms with van der Waals surface area (Å²) in [6, 6.07) is 0.663. The number of alkyl halides is 1. The van der Waals surface area contributed by atoms with Crippen LogP contribution in [0.1, 0.15) is 33.6 Å². The predicted molar refractivity (Wildman–Crippen MR) is 77.5 cm³/mol. The molecule has 0 saturated carbocycles. The SMILES string of the molecule is CCN(CCC(C)CCBr)C(C)CN(C)C. The lowest BCUT2D eigenvalue weighted by Gasteiger charge is -2.30. The summed E-state index contributed by atoms with van der Waals surface area (Å²) in [5.74, 6) is 0.833. The third kappa shape index (κ3) is 7.64. The van der Waals surface area contributed by atoms with E-state index in [0.717, 1.165) is 24.3 Å². The maximum Gasteiger partial charge on any atom is 0.0194 e. The smallest absolute Gasteiger partial charge is 0.0194 e. The summed E-state index contributed by atoms with van der Waals surface area (Å²) in [6.45, 7) is 10.5. The lowest BCUT2D eigenvalue weighted by molar-refractivity contribution is 0.172. The third-order valence-corrected chi connectivity index (χ3v) is 3.63. The van der Waals surface area contributed by atoms with Crippen LogP contribution in [0.25, 0.3) is 0 Å². The summed E-state index contributed by atoms with van der Waals surface area (Å²) in [5.41, 5.74) is 0. The number of halogens is 1.